The van der Waals surface area contributed by atoms with Crippen molar-refractivity contribution in [2.75, 3.05) is 13.2 Å². The highest BCUT2D eigenvalue weighted by molar-refractivity contribution is 5.90. The van der Waals surface area contributed by atoms with E-state index >= 15 is 0 Å². The van der Waals surface area contributed by atoms with E-state index in [0.717, 1.165) is 30.4 Å². The number of carbonyl (C=O) groups is 2. The van der Waals surface area contributed by atoms with E-state index in [1.165, 1.54) is 6.08 Å². The molecule has 1 heterocycles. The van der Waals surface area contributed by atoms with Gasteiger partial charge in [0.25, 0.3) is 5.91 Å². The number of nitrogens with one attached hydrogen (secondary N) is 1. The van der Waals surface area contributed by atoms with Crippen LogP contribution in [-0.4, -0.2) is 31.2 Å². The van der Waals surface area contributed by atoms with Crippen LogP contribution in [0.2, 0.25) is 0 Å². The molecule has 6 nitrogen and oxygen atoms in total. The van der Waals surface area contributed by atoms with Crippen LogP contribution in [0.15, 0.2) is 54.6 Å². The van der Waals surface area contributed by atoms with Gasteiger partial charge in [-0.1, -0.05) is 49.7 Å². The van der Waals surface area contributed by atoms with E-state index in [2.05, 4.69) is 12.2 Å². The van der Waals surface area contributed by atoms with Crippen LogP contribution in [0.3, 0.4) is 0 Å². The lowest BCUT2D eigenvalue weighted by Crippen LogP contribution is -2.38. The lowest BCUT2D eigenvalue weighted by Gasteiger charge is -2.21. The molecule has 1 aliphatic heterocycles. The Bertz CT molecular complexity index is 909. The second-order valence-corrected chi connectivity index (χ2v) is 7.43. The Kier molecular flexibility index (Phi) is 8.10. The van der Waals surface area contributed by atoms with E-state index in [-0.39, 0.29) is 11.9 Å². The van der Waals surface area contributed by atoms with Gasteiger partial charge in [0, 0.05) is 12.5 Å². The average Bonchev–Trinajstić information content (AvgIpc) is 3.03. The monoisotopic (exact) mass is 423 g/mol. The lowest BCUT2D eigenvalue weighted by molar-refractivity contribution is -0.150. The summed E-state index contributed by atoms with van der Waals surface area (Å²) in [6.45, 7) is 4.85. The number of ether oxygens (including phenoxy) is 3. The normalized spacial score (nSPS) is 15.0. The number of amides is 1. The Morgan fingerprint density at radius 1 is 1.10 bits per heavy atom. The summed E-state index contributed by atoms with van der Waals surface area (Å²) in [6, 6.07) is 15.1. The van der Waals surface area contributed by atoms with Crippen molar-refractivity contribution in [3.8, 4) is 11.5 Å². The Hall–Kier alpha value is -3.28. The lowest BCUT2D eigenvalue weighted by atomic mass is 10.0. The summed E-state index contributed by atoms with van der Waals surface area (Å²) in [7, 11) is 0. The fourth-order valence-electron chi connectivity index (χ4n) is 3.30. The van der Waals surface area contributed by atoms with Gasteiger partial charge in [-0.15, -0.1) is 0 Å². The van der Waals surface area contributed by atoms with Crippen LogP contribution in [-0.2, 0) is 14.3 Å². The molecule has 2 aromatic carbocycles. The second-order valence-electron chi connectivity index (χ2n) is 7.43. The first kappa shape index (κ1) is 22.4. The molecule has 1 amide bonds. The predicted molar refractivity (Wildman–Crippen MR) is 119 cm³/mol. The molecule has 31 heavy (non-hydrogen) atoms. The molecule has 1 N–H and O–H groups in total. The smallest absolute Gasteiger partial charge is 0.331 e. The van der Waals surface area contributed by atoms with Gasteiger partial charge in [0.1, 0.15) is 0 Å². The highest BCUT2D eigenvalue weighted by Gasteiger charge is 2.21. The summed E-state index contributed by atoms with van der Waals surface area (Å²) in [5.41, 5.74) is 1.82. The second kappa shape index (κ2) is 11.2. The zero-order valence-corrected chi connectivity index (χ0v) is 18.0. The van der Waals surface area contributed by atoms with Gasteiger partial charge in [-0.2, -0.15) is 0 Å². The van der Waals surface area contributed by atoms with Gasteiger partial charge in [-0.25, -0.2) is 4.79 Å². The largest absolute Gasteiger partial charge is 0.490 e. The van der Waals surface area contributed by atoms with Gasteiger partial charge in [0.05, 0.1) is 19.3 Å². The maximum Gasteiger partial charge on any atom is 0.331 e. The molecule has 0 bridgehead atoms. The maximum absolute atomic E-state index is 12.6. The number of rotatable bonds is 8. The highest BCUT2D eigenvalue weighted by atomic mass is 16.5. The number of carbonyl (C=O) groups excluding carboxylic acids is 2. The van der Waals surface area contributed by atoms with Crippen molar-refractivity contribution in [1.29, 1.82) is 0 Å². The molecule has 0 saturated carbocycles. The van der Waals surface area contributed by atoms with E-state index in [9.17, 15) is 9.59 Å². The number of esters is 1. The molecule has 0 radical (unpaired) electrons. The Balaban J connectivity index is 1.55. The van der Waals surface area contributed by atoms with Crippen LogP contribution < -0.4 is 14.8 Å². The van der Waals surface area contributed by atoms with Crippen molar-refractivity contribution in [2.45, 2.75) is 45.3 Å². The van der Waals surface area contributed by atoms with E-state index in [1.807, 2.05) is 48.5 Å². The third-order valence-corrected chi connectivity index (χ3v) is 4.94. The van der Waals surface area contributed by atoms with E-state index in [1.54, 1.807) is 13.0 Å². The molecular formula is C25H29NO5. The minimum atomic E-state index is -0.899. The minimum Gasteiger partial charge on any atom is -0.490 e. The topological polar surface area (TPSA) is 73.9 Å². The quantitative estimate of drug-likeness (QED) is 0.502. The molecule has 1 aliphatic rings. The summed E-state index contributed by atoms with van der Waals surface area (Å²) < 4.78 is 16.5. The SMILES string of the molecule is CCC[C@H](NC(=O)[C@H](C)OC(=O)/C=C/c1ccc2c(c1)OCCCO2)c1ccccc1. The first-order chi connectivity index (χ1) is 15.1. The third-order valence-electron chi connectivity index (χ3n) is 4.94. The predicted octanol–water partition coefficient (Wildman–Crippen LogP) is 4.45. The standard InChI is InChI=1S/C25H29NO5/c1-3-8-21(20-9-5-4-6-10-20)26-25(28)18(2)31-24(27)14-12-19-11-13-22-23(17-19)30-16-7-15-29-22/h4-6,9-14,17-18,21H,3,7-8,15-16H2,1-2H3,(H,26,28)/b14-12+/t18-,21-/m0/s1. The molecule has 164 valence electrons. The fourth-order valence-corrected chi connectivity index (χ4v) is 3.30. The number of fused-ring (bicyclic) bond motifs is 1. The van der Waals surface area contributed by atoms with E-state index in [4.69, 9.17) is 14.2 Å². The summed E-state index contributed by atoms with van der Waals surface area (Å²) in [5, 5.41) is 2.98. The van der Waals surface area contributed by atoms with E-state index in [0.29, 0.717) is 24.7 Å². The van der Waals surface area contributed by atoms with E-state index < -0.39 is 12.1 Å². The molecule has 0 unspecified atom stereocenters. The number of hydrogen-bond donors (Lipinski definition) is 1. The molecule has 2 aromatic rings. The third kappa shape index (κ3) is 6.60. The average molecular weight is 424 g/mol. The zero-order valence-electron chi connectivity index (χ0n) is 18.0. The van der Waals surface area contributed by atoms with Crippen molar-refractivity contribution >= 4 is 18.0 Å². The van der Waals surface area contributed by atoms with Crippen LogP contribution in [0.5, 0.6) is 11.5 Å². The molecular weight excluding hydrogens is 394 g/mol. The van der Waals surface area contributed by atoms with Gasteiger partial charge in [0.2, 0.25) is 0 Å². The van der Waals surface area contributed by atoms with Crippen LogP contribution in [0.1, 0.15) is 50.3 Å². The van der Waals surface area contributed by atoms with Crippen molar-refractivity contribution in [3.05, 3.63) is 65.7 Å². The Morgan fingerprint density at radius 3 is 2.58 bits per heavy atom. The van der Waals surface area contributed by atoms with Gasteiger partial charge < -0.3 is 19.5 Å². The van der Waals surface area contributed by atoms with Crippen LogP contribution in [0.25, 0.3) is 6.08 Å². The molecule has 0 fully saturated rings. The first-order valence-corrected chi connectivity index (χ1v) is 10.7. The molecule has 2 atom stereocenters. The molecule has 3 rings (SSSR count). The van der Waals surface area contributed by atoms with Gasteiger partial charge in [-0.3, -0.25) is 4.79 Å². The molecule has 0 aliphatic carbocycles. The molecule has 0 saturated heterocycles. The molecule has 0 aromatic heterocycles. The first-order valence-electron chi connectivity index (χ1n) is 10.7. The van der Waals surface area contributed by atoms with Gasteiger partial charge >= 0.3 is 5.97 Å². The number of hydrogen-bond acceptors (Lipinski definition) is 5. The highest BCUT2D eigenvalue weighted by Crippen LogP contribution is 2.30. The van der Waals surface area contributed by atoms with Crippen molar-refractivity contribution in [2.24, 2.45) is 0 Å². The summed E-state index contributed by atoms with van der Waals surface area (Å²) in [5.74, 6) is 0.451. The van der Waals surface area contributed by atoms with Gasteiger partial charge in [0.15, 0.2) is 17.6 Å². The zero-order chi connectivity index (χ0) is 22.1. The molecule has 0 spiro atoms. The summed E-state index contributed by atoms with van der Waals surface area (Å²) >= 11 is 0. The molecule has 6 heteroatoms. The number of benzene rings is 2. The maximum atomic E-state index is 12.6. The Morgan fingerprint density at radius 2 is 1.84 bits per heavy atom. The summed E-state index contributed by atoms with van der Waals surface area (Å²) in [6.07, 6.45) is 4.60. The van der Waals surface area contributed by atoms with Crippen LogP contribution >= 0.6 is 0 Å². The summed E-state index contributed by atoms with van der Waals surface area (Å²) in [4.78, 5) is 24.8. The Labute approximate surface area is 183 Å². The van der Waals surface area contributed by atoms with Crippen LogP contribution in [0, 0.1) is 0 Å². The van der Waals surface area contributed by atoms with Crippen molar-refractivity contribution in [3.63, 3.8) is 0 Å². The van der Waals surface area contributed by atoms with Crippen molar-refractivity contribution < 1.29 is 23.8 Å². The minimum absolute atomic E-state index is 0.114. The van der Waals surface area contributed by atoms with Crippen LogP contribution in [0.4, 0.5) is 0 Å². The fraction of sp³-hybridized carbons (Fsp3) is 0.360. The van der Waals surface area contributed by atoms with Crippen molar-refractivity contribution in [1.82, 2.24) is 5.32 Å². The van der Waals surface area contributed by atoms with Gasteiger partial charge in [-0.05, 0) is 42.7 Å².